The predicted molar refractivity (Wildman–Crippen MR) is 84.4 cm³/mol. The van der Waals surface area contributed by atoms with Gasteiger partial charge in [0.2, 0.25) is 0 Å². The molecule has 1 atom stereocenters. The molecule has 0 aliphatic carbocycles. The number of rotatable bonds is 4. The number of benzene rings is 1. The van der Waals surface area contributed by atoms with Crippen LogP contribution in [-0.2, 0) is 6.54 Å². The average Bonchev–Trinajstić information content (AvgIpc) is 2.53. The van der Waals surface area contributed by atoms with Crippen LogP contribution in [0.4, 0.5) is 10.5 Å². The number of hydrogen-bond acceptors (Lipinski definition) is 3. The van der Waals surface area contributed by atoms with Crippen LogP contribution in [0.1, 0.15) is 18.4 Å². The summed E-state index contributed by atoms with van der Waals surface area (Å²) in [7, 11) is 4.01. The number of aliphatic hydroxyl groups excluding tert-OH is 1. The van der Waals surface area contributed by atoms with Crippen molar-refractivity contribution in [3.63, 3.8) is 0 Å². The predicted octanol–water partition coefficient (Wildman–Crippen LogP) is 1.67. The zero-order chi connectivity index (χ0) is 15.2. The summed E-state index contributed by atoms with van der Waals surface area (Å²) in [6, 6.07) is 8.11. The van der Waals surface area contributed by atoms with Crippen molar-refractivity contribution in [3.05, 3.63) is 29.8 Å². The van der Waals surface area contributed by atoms with Gasteiger partial charge >= 0.3 is 6.03 Å². The lowest BCUT2D eigenvalue weighted by Crippen LogP contribution is -2.45. The first-order valence-corrected chi connectivity index (χ1v) is 7.50. The summed E-state index contributed by atoms with van der Waals surface area (Å²) in [5, 5.41) is 12.2. The van der Waals surface area contributed by atoms with E-state index in [1.54, 1.807) is 4.90 Å². The van der Waals surface area contributed by atoms with Crippen LogP contribution in [0, 0.1) is 5.92 Å². The molecule has 2 amide bonds. The number of anilines is 1. The Morgan fingerprint density at radius 1 is 1.38 bits per heavy atom. The third-order valence-electron chi connectivity index (χ3n) is 3.96. The molecule has 1 aliphatic rings. The summed E-state index contributed by atoms with van der Waals surface area (Å²) in [4.78, 5) is 16.0. The smallest absolute Gasteiger partial charge is 0.317 e. The number of aliphatic hydroxyl groups is 1. The number of carbonyl (C=O) groups excluding carboxylic acids is 1. The molecule has 5 heteroatoms. The van der Waals surface area contributed by atoms with Crippen molar-refractivity contribution in [2.75, 3.05) is 38.7 Å². The second kappa shape index (κ2) is 7.31. The molecule has 1 saturated heterocycles. The molecular weight excluding hydrogens is 266 g/mol. The first-order valence-electron chi connectivity index (χ1n) is 7.50. The normalized spacial score (nSPS) is 18.4. The van der Waals surface area contributed by atoms with Crippen LogP contribution in [0.5, 0.6) is 0 Å². The number of nitrogens with zero attached hydrogens (tertiary/aromatic N) is 2. The van der Waals surface area contributed by atoms with Crippen LogP contribution in [0.15, 0.2) is 24.3 Å². The molecule has 0 bridgehead atoms. The number of urea groups is 1. The summed E-state index contributed by atoms with van der Waals surface area (Å²) in [6.45, 7) is 2.13. The van der Waals surface area contributed by atoms with Crippen LogP contribution in [0.25, 0.3) is 0 Å². The number of likely N-dealkylation sites (tertiary alicyclic amines) is 1. The molecule has 1 heterocycles. The molecule has 1 aromatic carbocycles. The van der Waals surface area contributed by atoms with E-state index in [2.05, 4.69) is 5.32 Å². The van der Waals surface area contributed by atoms with E-state index >= 15 is 0 Å². The highest BCUT2D eigenvalue weighted by molar-refractivity contribution is 5.74. The molecule has 21 heavy (non-hydrogen) atoms. The Labute approximate surface area is 126 Å². The largest absolute Gasteiger partial charge is 0.396 e. The standard InChI is InChI=1S/C16H25N3O2/c1-18(2)15-7-5-13(6-8-15)10-17-16(21)19-9-3-4-14(11-19)12-20/h5-8,14,20H,3-4,9-12H2,1-2H3,(H,17,21)/t14-/m0/s1. The Bertz CT molecular complexity index is 459. The SMILES string of the molecule is CN(C)c1ccc(CNC(=O)N2CCC[C@H](CO)C2)cc1. The topological polar surface area (TPSA) is 55.8 Å². The van der Waals surface area contributed by atoms with Crippen LogP contribution in [0.2, 0.25) is 0 Å². The van der Waals surface area contributed by atoms with Gasteiger partial charge in [0.05, 0.1) is 0 Å². The molecule has 2 N–H and O–H groups in total. The van der Waals surface area contributed by atoms with Crippen LogP contribution in [0.3, 0.4) is 0 Å². The Kier molecular flexibility index (Phi) is 5.44. The fourth-order valence-electron chi connectivity index (χ4n) is 2.60. The Balaban J connectivity index is 1.83. The van der Waals surface area contributed by atoms with Gasteiger partial charge in [-0.15, -0.1) is 0 Å². The molecule has 0 spiro atoms. The van der Waals surface area contributed by atoms with E-state index in [9.17, 15) is 9.90 Å². The first kappa shape index (κ1) is 15.6. The van der Waals surface area contributed by atoms with Crippen molar-refractivity contribution >= 4 is 11.7 Å². The molecule has 116 valence electrons. The summed E-state index contributed by atoms with van der Waals surface area (Å²) in [5.41, 5.74) is 2.23. The van der Waals surface area contributed by atoms with Gasteiger partial charge in [0, 0.05) is 46.0 Å². The van der Waals surface area contributed by atoms with Crippen molar-refractivity contribution < 1.29 is 9.90 Å². The molecule has 2 rings (SSSR count). The van der Waals surface area contributed by atoms with Crippen LogP contribution >= 0.6 is 0 Å². The maximum absolute atomic E-state index is 12.1. The third-order valence-corrected chi connectivity index (χ3v) is 3.96. The lowest BCUT2D eigenvalue weighted by atomic mass is 9.99. The highest BCUT2D eigenvalue weighted by Gasteiger charge is 2.22. The second-order valence-corrected chi connectivity index (χ2v) is 5.86. The van der Waals surface area contributed by atoms with Gasteiger partial charge in [-0.1, -0.05) is 12.1 Å². The van der Waals surface area contributed by atoms with Crippen molar-refractivity contribution in [2.45, 2.75) is 19.4 Å². The summed E-state index contributed by atoms with van der Waals surface area (Å²) in [6.07, 6.45) is 1.97. The molecule has 1 fully saturated rings. The van der Waals surface area contributed by atoms with Crippen LogP contribution in [-0.4, -0.2) is 49.8 Å². The highest BCUT2D eigenvalue weighted by Crippen LogP contribution is 2.16. The van der Waals surface area contributed by atoms with E-state index in [1.165, 1.54) is 0 Å². The minimum atomic E-state index is -0.0372. The molecule has 0 unspecified atom stereocenters. The van der Waals surface area contributed by atoms with E-state index in [4.69, 9.17) is 0 Å². The van der Waals surface area contributed by atoms with Gasteiger partial charge in [-0.25, -0.2) is 4.79 Å². The number of piperidine rings is 1. The Hall–Kier alpha value is -1.75. The Morgan fingerprint density at radius 3 is 2.71 bits per heavy atom. The maximum atomic E-state index is 12.1. The summed E-state index contributed by atoms with van der Waals surface area (Å²) in [5.74, 6) is 0.226. The van der Waals surface area contributed by atoms with Gasteiger partial charge in [-0.05, 0) is 36.5 Å². The highest BCUT2D eigenvalue weighted by atomic mass is 16.3. The number of hydrogen-bond donors (Lipinski definition) is 2. The van der Waals surface area contributed by atoms with E-state index in [0.717, 1.165) is 30.6 Å². The number of nitrogens with one attached hydrogen (secondary N) is 1. The van der Waals surface area contributed by atoms with Gasteiger partial charge < -0.3 is 20.2 Å². The monoisotopic (exact) mass is 291 g/mol. The van der Waals surface area contributed by atoms with Gasteiger partial charge in [0.25, 0.3) is 0 Å². The Morgan fingerprint density at radius 2 is 2.10 bits per heavy atom. The van der Waals surface area contributed by atoms with Crippen LogP contribution < -0.4 is 10.2 Å². The van der Waals surface area contributed by atoms with E-state index < -0.39 is 0 Å². The zero-order valence-electron chi connectivity index (χ0n) is 12.9. The fraction of sp³-hybridized carbons (Fsp3) is 0.562. The average molecular weight is 291 g/mol. The quantitative estimate of drug-likeness (QED) is 0.887. The van der Waals surface area contributed by atoms with Gasteiger partial charge in [0.1, 0.15) is 0 Å². The van der Waals surface area contributed by atoms with Gasteiger partial charge in [0.15, 0.2) is 0 Å². The lowest BCUT2D eigenvalue weighted by molar-refractivity contribution is 0.129. The summed E-state index contributed by atoms with van der Waals surface area (Å²) >= 11 is 0. The first-order chi connectivity index (χ1) is 10.1. The fourth-order valence-corrected chi connectivity index (χ4v) is 2.60. The third kappa shape index (κ3) is 4.36. The van der Waals surface area contributed by atoms with E-state index in [1.807, 2.05) is 43.3 Å². The zero-order valence-corrected chi connectivity index (χ0v) is 12.9. The molecule has 1 aliphatic heterocycles. The van der Waals surface area contributed by atoms with Crippen molar-refractivity contribution in [3.8, 4) is 0 Å². The second-order valence-electron chi connectivity index (χ2n) is 5.86. The minimum absolute atomic E-state index is 0.0372. The van der Waals surface area contributed by atoms with Crippen molar-refractivity contribution in [1.29, 1.82) is 0 Å². The molecular formula is C16H25N3O2. The van der Waals surface area contributed by atoms with Crippen molar-refractivity contribution in [2.24, 2.45) is 5.92 Å². The molecule has 0 aromatic heterocycles. The molecule has 0 saturated carbocycles. The van der Waals surface area contributed by atoms with Gasteiger partial charge in [-0.2, -0.15) is 0 Å². The molecule has 1 aromatic rings. The lowest BCUT2D eigenvalue weighted by Gasteiger charge is -2.31. The van der Waals surface area contributed by atoms with Crippen molar-refractivity contribution in [1.82, 2.24) is 10.2 Å². The molecule has 5 nitrogen and oxygen atoms in total. The number of amides is 2. The molecule has 0 radical (unpaired) electrons. The van der Waals surface area contributed by atoms with E-state index in [-0.39, 0.29) is 18.6 Å². The summed E-state index contributed by atoms with van der Waals surface area (Å²) < 4.78 is 0. The van der Waals surface area contributed by atoms with Gasteiger partial charge in [-0.3, -0.25) is 0 Å². The number of carbonyl (C=O) groups is 1. The minimum Gasteiger partial charge on any atom is -0.396 e. The van der Waals surface area contributed by atoms with E-state index in [0.29, 0.717) is 13.1 Å². The maximum Gasteiger partial charge on any atom is 0.317 e.